The molecule has 2 nitrogen and oxygen atoms in total. The molecule has 0 bridgehead atoms. The third-order valence-electron chi connectivity index (χ3n) is 6.68. The Kier molecular flexibility index (Phi) is 7.99. The van der Waals surface area contributed by atoms with E-state index in [1.807, 2.05) is 6.07 Å². The van der Waals surface area contributed by atoms with Gasteiger partial charge in [0.25, 0.3) is 0 Å². The van der Waals surface area contributed by atoms with Gasteiger partial charge in [0.2, 0.25) is 0 Å². The van der Waals surface area contributed by atoms with Crippen molar-refractivity contribution in [3.05, 3.63) is 71.3 Å². The minimum absolute atomic E-state index is 0.199. The Morgan fingerprint density at radius 3 is 2.40 bits per heavy atom. The SMILES string of the molecule is CCN(CCCC(C#N)(c1ccc(F)c(F)c1)C1CCCCC1)Cc1ccccc1. The molecule has 0 radical (unpaired) electrons. The first-order valence-electron chi connectivity index (χ1n) is 11.2. The Bertz CT molecular complexity index is 840. The second-order valence-electron chi connectivity index (χ2n) is 8.50. The number of nitrogens with zero attached hydrogens (tertiary/aromatic N) is 2. The van der Waals surface area contributed by atoms with Gasteiger partial charge in [0.1, 0.15) is 0 Å². The molecule has 1 atom stereocenters. The zero-order valence-electron chi connectivity index (χ0n) is 17.9. The second-order valence-corrected chi connectivity index (χ2v) is 8.50. The molecule has 0 aliphatic heterocycles. The summed E-state index contributed by atoms with van der Waals surface area (Å²) in [6.45, 7) is 4.84. The van der Waals surface area contributed by atoms with E-state index in [9.17, 15) is 14.0 Å². The van der Waals surface area contributed by atoms with Gasteiger partial charge < -0.3 is 0 Å². The van der Waals surface area contributed by atoms with Crippen molar-refractivity contribution in [3.63, 3.8) is 0 Å². The molecule has 160 valence electrons. The van der Waals surface area contributed by atoms with Crippen molar-refractivity contribution >= 4 is 0 Å². The molecule has 0 heterocycles. The van der Waals surface area contributed by atoms with Gasteiger partial charge in [-0.15, -0.1) is 0 Å². The standard InChI is InChI=1S/C26H32F2N2/c1-2-30(19-21-10-5-3-6-11-21)17-9-16-26(20-29,22-12-7-4-8-13-22)23-14-15-24(27)25(28)18-23/h3,5-6,10-11,14-15,18,22H,2,4,7-9,12-13,16-17,19H2,1H3. The lowest BCUT2D eigenvalue weighted by Crippen LogP contribution is -2.36. The molecule has 0 saturated heterocycles. The van der Waals surface area contributed by atoms with Gasteiger partial charge in [-0.2, -0.15) is 5.26 Å². The van der Waals surface area contributed by atoms with Crippen molar-refractivity contribution < 1.29 is 8.78 Å². The molecule has 3 rings (SSSR count). The van der Waals surface area contributed by atoms with E-state index in [0.717, 1.165) is 51.7 Å². The summed E-state index contributed by atoms with van der Waals surface area (Å²) in [7, 11) is 0. The molecule has 4 heteroatoms. The summed E-state index contributed by atoms with van der Waals surface area (Å²) in [5.74, 6) is -1.51. The molecule has 1 unspecified atom stereocenters. The lowest BCUT2D eigenvalue weighted by molar-refractivity contribution is 0.214. The lowest BCUT2D eigenvalue weighted by Gasteiger charge is -2.38. The third-order valence-corrected chi connectivity index (χ3v) is 6.68. The molecule has 30 heavy (non-hydrogen) atoms. The van der Waals surface area contributed by atoms with Crippen LogP contribution in [0.4, 0.5) is 8.78 Å². The van der Waals surface area contributed by atoms with Gasteiger partial charge in [-0.05, 0) is 68.0 Å². The Morgan fingerprint density at radius 1 is 1.03 bits per heavy atom. The molecule has 0 amide bonds. The zero-order chi connectivity index (χ0) is 21.4. The highest BCUT2D eigenvalue weighted by molar-refractivity contribution is 5.35. The fraction of sp³-hybridized carbons (Fsp3) is 0.500. The molecule has 2 aromatic rings. The van der Waals surface area contributed by atoms with Crippen molar-refractivity contribution in [3.8, 4) is 6.07 Å². The van der Waals surface area contributed by atoms with Gasteiger partial charge in [0.15, 0.2) is 11.6 Å². The second kappa shape index (κ2) is 10.7. The zero-order valence-corrected chi connectivity index (χ0v) is 17.9. The lowest BCUT2D eigenvalue weighted by atomic mass is 9.63. The van der Waals surface area contributed by atoms with E-state index in [1.165, 1.54) is 24.1 Å². The maximum atomic E-state index is 14.1. The number of rotatable bonds is 9. The summed E-state index contributed by atoms with van der Waals surface area (Å²) in [6.07, 6.45) is 6.88. The molecular weight excluding hydrogens is 378 g/mol. The van der Waals surface area contributed by atoms with E-state index in [2.05, 4.69) is 42.2 Å². The normalized spacial score (nSPS) is 16.9. The van der Waals surface area contributed by atoms with Crippen LogP contribution < -0.4 is 0 Å². The van der Waals surface area contributed by atoms with Crippen LogP contribution in [0.3, 0.4) is 0 Å². The van der Waals surface area contributed by atoms with Crippen molar-refractivity contribution in [1.82, 2.24) is 4.90 Å². The van der Waals surface area contributed by atoms with Crippen LogP contribution in [0.15, 0.2) is 48.5 Å². The molecule has 1 aliphatic carbocycles. The Balaban J connectivity index is 1.76. The first kappa shape index (κ1) is 22.4. The third kappa shape index (κ3) is 5.26. The minimum Gasteiger partial charge on any atom is -0.299 e. The van der Waals surface area contributed by atoms with Gasteiger partial charge >= 0.3 is 0 Å². The molecule has 2 aromatic carbocycles. The molecule has 0 spiro atoms. The predicted octanol–water partition coefficient (Wildman–Crippen LogP) is 6.61. The number of hydrogen-bond donors (Lipinski definition) is 0. The van der Waals surface area contributed by atoms with E-state index in [4.69, 9.17) is 0 Å². The first-order chi connectivity index (χ1) is 14.6. The van der Waals surface area contributed by atoms with Crippen molar-refractivity contribution in [1.29, 1.82) is 5.26 Å². The summed E-state index contributed by atoms with van der Waals surface area (Å²) >= 11 is 0. The largest absolute Gasteiger partial charge is 0.299 e. The summed E-state index contributed by atoms with van der Waals surface area (Å²) < 4.78 is 27.6. The first-order valence-corrected chi connectivity index (χ1v) is 11.2. The van der Waals surface area contributed by atoms with Crippen LogP contribution in [0, 0.1) is 28.9 Å². The van der Waals surface area contributed by atoms with Crippen molar-refractivity contribution in [2.75, 3.05) is 13.1 Å². The van der Waals surface area contributed by atoms with E-state index >= 15 is 0 Å². The van der Waals surface area contributed by atoms with Crippen molar-refractivity contribution in [2.24, 2.45) is 5.92 Å². The van der Waals surface area contributed by atoms with Gasteiger partial charge in [0.05, 0.1) is 11.5 Å². The maximum Gasteiger partial charge on any atom is 0.159 e. The van der Waals surface area contributed by atoms with Gasteiger partial charge in [-0.25, -0.2) is 8.78 Å². The van der Waals surface area contributed by atoms with E-state index in [1.54, 1.807) is 6.07 Å². The Morgan fingerprint density at radius 2 is 1.77 bits per heavy atom. The molecule has 0 N–H and O–H groups in total. The van der Waals surface area contributed by atoms with Crippen LogP contribution in [0.1, 0.15) is 63.0 Å². The molecule has 1 saturated carbocycles. The van der Waals surface area contributed by atoms with E-state index < -0.39 is 17.0 Å². The molecule has 0 aromatic heterocycles. The average Bonchev–Trinajstić information content (AvgIpc) is 2.79. The molecular formula is C26H32F2N2. The van der Waals surface area contributed by atoms with Crippen LogP contribution in [0.5, 0.6) is 0 Å². The van der Waals surface area contributed by atoms with Crippen LogP contribution in [-0.2, 0) is 12.0 Å². The topological polar surface area (TPSA) is 27.0 Å². The predicted molar refractivity (Wildman–Crippen MR) is 117 cm³/mol. The quantitative estimate of drug-likeness (QED) is 0.465. The molecule has 1 fully saturated rings. The van der Waals surface area contributed by atoms with Crippen LogP contribution >= 0.6 is 0 Å². The summed E-state index contributed by atoms with van der Waals surface area (Å²) in [5.41, 5.74) is 1.17. The van der Waals surface area contributed by atoms with Gasteiger partial charge in [0, 0.05) is 6.54 Å². The number of nitriles is 1. The van der Waals surface area contributed by atoms with Crippen LogP contribution in [0.25, 0.3) is 0 Å². The summed E-state index contributed by atoms with van der Waals surface area (Å²) in [5, 5.41) is 10.3. The monoisotopic (exact) mass is 410 g/mol. The smallest absolute Gasteiger partial charge is 0.159 e. The van der Waals surface area contributed by atoms with Crippen molar-refractivity contribution in [2.45, 2.75) is 63.8 Å². The Labute approximate surface area is 179 Å². The number of benzene rings is 2. The van der Waals surface area contributed by atoms with Gasteiger partial charge in [-0.1, -0.05) is 62.6 Å². The fourth-order valence-corrected chi connectivity index (χ4v) is 4.94. The Hall–Kier alpha value is -2.25. The highest BCUT2D eigenvalue weighted by Gasteiger charge is 2.41. The molecule has 1 aliphatic rings. The minimum atomic E-state index is -0.859. The highest BCUT2D eigenvalue weighted by atomic mass is 19.2. The van der Waals surface area contributed by atoms with Crippen LogP contribution in [-0.4, -0.2) is 18.0 Å². The maximum absolute atomic E-state index is 14.1. The van der Waals surface area contributed by atoms with Crippen LogP contribution in [0.2, 0.25) is 0 Å². The number of halogens is 2. The highest BCUT2D eigenvalue weighted by Crippen LogP contribution is 2.44. The summed E-state index contributed by atoms with van der Waals surface area (Å²) in [6, 6.07) is 17.0. The summed E-state index contributed by atoms with van der Waals surface area (Å²) in [4.78, 5) is 2.38. The van der Waals surface area contributed by atoms with E-state index in [-0.39, 0.29) is 5.92 Å². The fourth-order valence-electron chi connectivity index (χ4n) is 4.94. The average molecular weight is 411 g/mol. The number of hydrogen-bond acceptors (Lipinski definition) is 2. The van der Waals surface area contributed by atoms with E-state index in [0.29, 0.717) is 12.0 Å². The van der Waals surface area contributed by atoms with Gasteiger partial charge in [-0.3, -0.25) is 4.90 Å².